The normalized spacial score (nSPS) is 19.9. The van der Waals surface area contributed by atoms with Crippen molar-refractivity contribution in [2.75, 3.05) is 13.1 Å². The van der Waals surface area contributed by atoms with Crippen LogP contribution in [-0.2, 0) is 15.4 Å². The third-order valence-corrected chi connectivity index (χ3v) is 5.95. The highest BCUT2D eigenvalue weighted by molar-refractivity contribution is 7.89. The molecule has 1 heterocycles. The number of sulfonamides is 1. The molecule has 1 aromatic rings. The highest BCUT2D eigenvalue weighted by atomic mass is 32.2. The quantitative estimate of drug-likeness (QED) is 0.848. The van der Waals surface area contributed by atoms with Crippen molar-refractivity contribution < 1.29 is 8.42 Å². The summed E-state index contributed by atoms with van der Waals surface area (Å²) in [5.41, 5.74) is 1.24. The monoisotopic (exact) mass is 310 g/mol. The van der Waals surface area contributed by atoms with Crippen LogP contribution >= 0.6 is 0 Å². The zero-order valence-electron chi connectivity index (χ0n) is 13.1. The van der Waals surface area contributed by atoms with Gasteiger partial charge in [0.15, 0.2) is 0 Å². The fourth-order valence-electron chi connectivity index (χ4n) is 2.51. The summed E-state index contributed by atoms with van der Waals surface area (Å²) in [5, 5.41) is 3.29. The van der Waals surface area contributed by atoms with Gasteiger partial charge in [0.05, 0.1) is 4.90 Å². The van der Waals surface area contributed by atoms with Crippen molar-refractivity contribution in [3.05, 3.63) is 29.8 Å². The number of hydrogen-bond donors (Lipinski definition) is 2. The van der Waals surface area contributed by atoms with Crippen molar-refractivity contribution in [1.29, 1.82) is 0 Å². The molecule has 5 heteroatoms. The SMILES string of the molecule is CCC(C)(C)c1ccc(S(=O)(=O)NCC2CCCN2)cc1. The van der Waals surface area contributed by atoms with E-state index in [0.717, 1.165) is 25.8 Å². The van der Waals surface area contributed by atoms with E-state index < -0.39 is 10.0 Å². The van der Waals surface area contributed by atoms with Crippen molar-refractivity contribution in [3.63, 3.8) is 0 Å². The van der Waals surface area contributed by atoms with E-state index in [9.17, 15) is 8.42 Å². The van der Waals surface area contributed by atoms with Gasteiger partial charge in [-0.3, -0.25) is 0 Å². The Bertz CT molecular complexity index is 558. The van der Waals surface area contributed by atoms with Gasteiger partial charge >= 0.3 is 0 Å². The summed E-state index contributed by atoms with van der Waals surface area (Å²) in [4.78, 5) is 0.344. The first-order chi connectivity index (χ1) is 9.85. The summed E-state index contributed by atoms with van der Waals surface area (Å²) < 4.78 is 27.3. The lowest BCUT2D eigenvalue weighted by atomic mass is 9.82. The molecule has 1 saturated heterocycles. The Labute approximate surface area is 128 Å². The molecule has 118 valence electrons. The molecule has 1 aliphatic heterocycles. The first-order valence-electron chi connectivity index (χ1n) is 7.69. The second kappa shape index (κ2) is 6.46. The smallest absolute Gasteiger partial charge is 0.240 e. The largest absolute Gasteiger partial charge is 0.313 e. The molecular formula is C16H26N2O2S. The predicted octanol–water partition coefficient (Wildman–Crippen LogP) is 2.40. The van der Waals surface area contributed by atoms with Gasteiger partial charge < -0.3 is 5.32 Å². The predicted molar refractivity (Wildman–Crippen MR) is 86.0 cm³/mol. The molecule has 0 radical (unpaired) electrons. The molecule has 2 rings (SSSR count). The lowest BCUT2D eigenvalue weighted by Gasteiger charge is -2.23. The van der Waals surface area contributed by atoms with Crippen molar-refractivity contribution in [3.8, 4) is 0 Å². The van der Waals surface area contributed by atoms with Gasteiger partial charge in [0, 0.05) is 12.6 Å². The molecule has 0 amide bonds. The van der Waals surface area contributed by atoms with Gasteiger partial charge in [-0.25, -0.2) is 13.1 Å². The second-order valence-electron chi connectivity index (χ2n) is 6.41. The van der Waals surface area contributed by atoms with Gasteiger partial charge in [-0.15, -0.1) is 0 Å². The summed E-state index contributed by atoms with van der Waals surface area (Å²) in [5.74, 6) is 0. The molecule has 1 unspecified atom stereocenters. The number of rotatable bonds is 6. The zero-order chi connectivity index (χ0) is 15.5. The minimum atomic E-state index is -3.41. The summed E-state index contributed by atoms with van der Waals surface area (Å²) in [6.07, 6.45) is 3.17. The molecule has 21 heavy (non-hydrogen) atoms. The standard InChI is InChI=1S/C16H26N2O2S/c1-4-16(2,3)13-7-9-15(10-8-13)21(19,20)18-12-14-6-5-11-17-14/h7-10,14,17-18H,4-6,11-12H2,1-3H3. The maximum Gasteiger partial charge on any atom is 0.240 e. The molecule has 1 aliphatic rings. The van der Waals surface area contributed by atoms with Gasteiger partial charge in [0.2, 0.25) is 10.0 Å². The van der Waals surface area contributed by atoms with Crippen molar-refractivity contribution >= 4 is 10.0 Å². The van der Waals surface area contributed by atoms with E-state index in [1.54, 1.807) is 12.1 Å². The topological polar surface area (TPSA) is 58.2 Å². The second-order valence-corrected chi connectivity index (χ2v) is 8.17. The van der Waals surface area contributed by atoms with Gasteiger partial charge in [0.25, 0.3) is 0 Å². The molecule has 1 atom stereocenters. The molecule has 1 fully saturated rings. The average molecular weight is 310 g/mol. The molecule has 0 saturated carbocycles. The van der Waals surface area contributed by atoms with E-state index in [2.05, 4.69) is 30.8 Å². The fourth-order valence-corrected chi connectivity index (χ4v) is 3.60. The van der Waals surface area contributed by atoms with Crippen LogP contribution in [0.2, 0.25) is 0 Å². The average Bonchev–Trinajstić information content (AvgIpc) is 2.99. The Balaban J connectivity index is 2.06. The molecule has 2 N–H and O–H groups in total. The van der Waals surface area contributed by atoms with E-state index in [1.165, 1.54) is 5.56 Å². The van der Waals surface area contributed by atoms with Crippen LogP contribution in [0.25, 0.3) is 0 Å². The van der Waals surface area contributed by atoms with Crippen LogP contribution in [-0.4, -0.2) is 27.5 Å². The van der Waals surface area contributed by atoms with Crippen LogP contribution < -0.4 is 10.0 Å². The van der Waals surface area contributed by atoms with Gasteiger partial charge in [0.1, 0.15) is 0 Å². The van der Waals surface area contributed by atoms with Crippen LogP contribution in [0.5, 0.6) is 0 Å². The van der Waals surface area contributed by atoms with E-state index in [1.807, 2.05) is 12.1 Å². The molecule has 1 aromatic carbocycles. The van der Waals surface area contributed by atoms with Crippen LogP contribution in [0, 0.1) is 0 Å². The van der Waals surface area contributed by atoms with Crippen molar-refractivity contribution in [2.24, 2.45) is 0 Å². The molecule has 0 bridgehead atoms. The van der Waals surface area contributed by atoms with Crippen LogP contribution in [0.4, 0.5) is 0 Å². The Morgan fingerprint density at radius 2 is 1.95 bits per heavy atom. The van der Waals surface area contributed by atoms with Gasteiger partial charge in [-0.2, -0.15) is 0 Å². The highest BCUT2D eigenvalue weighted by Crippen LogP contribution is 2.27. The van der Waals surface area contributed by atoms with Gasteiger partial charge in [-0.1, -0.05) is 32.9 Å². The lowest BCUT2D eigenvalue weighted by molar-refractivity contribution is 0.505. The number of benzene rings is 1. The summed E-state index contributed by atoms with van der Waals surface area (Å²) in [6.45, 7) is 7.92. The van der Waals surface area contributed by atoms with Crippen LogP contribution in [0.15, 0.2) is 29.2 Å². The third kappa shape index (κ3) is 4.05. The minimum Gasteiger partial charge on any atom is -0.313 e. The Hall–Kier alpha value is -0.910. The van der Waals surface area contributed by atoms with Crippen LogP contribution in [0.1, 0.15) is 45.6 Å². The zero-order valence-corrected chi connectivity index (χ0v) is 14.0. The van der Waals surface area contributed by atoms with Crippen molar-refractivity contribution in [1.82, 2.24) is 10.0 Å². The Kier molecular flexibility index (Phi) is 5.07. The lowest BCUT2D eigenvalue weighted by Crippen LogP contribution is -2.37. The first kappa shape index (κ1) is 16.5. The van der Waals surface area contributed by atoms with Crippen LogP contribution in [0.3, 0.4) is 0 Å². The molecule has 0 aliphatic carbocycles. The van der Waals surface area contributed by atoms with E-state index in [-0.39, 0.29) is 11.5 Å². The Morgan fingerprint density at radius 3 is 2.48 bits per heavy atom. The summed E-state index contributed by atoms with van der Waals surface area (Å²) >= 11 is 0. The van der Waals surface area contributed by atoms with Gasteiger partial charge in [-0.05, 0) is 48.9 Å². The van der Waals surface area contributed by atoms with Crippen molar-refractivity contribution in [2.45, 2.75) is 56.4 Å². The number of hydrogen-bond acceptors (Lipinski definition) is 3. The number of nitrogens with one attached hydrogen (secondary N) is 2. The summed E-state index contributed by atoms with van der Waals surface area (Å²) in [6, 6.07) is 7.52. The minimum absolute atomic E-state index is 0.0729. The van der Waals surface area contributed by atoms with E-state index in [4.69, 9.17) is 0 Å². The Morgan fingerprint density at radius 1 is 1.29 bits per heavy atom. The fraction of sp³-hybridized carbons (Fsp3) is 0.625. The molecule has 0 spiro atoms. The highest BCUT2D eigenvalue weighted by Gasteiger charge is 2.21. The molecule has 4 nitrogen and oxygen atoms in total. The summed E-state index contributed by atoms with van der Waals surface area (Å²) in [7, 11) is -3.41. The first-order valence-corrected chi connectivity index (χ1v) is 9.17. The van der Waals surface area contributed by atoms with E-state index in [0.29, 0.717) is 11.4 Å². The maximum atomic E-state index is 12.3. The third-order valence-electron chi connectivity index (χ3n) is 4.51. The molecular weight excluding hydrogens is 284 g/mol. The maximum absolute atomic E-state index is 12.3. The van der Waals surface area contributed by atoms with E-state index >= 15 is 0 Å². The molecule has 0 aromatic heterocycles.